The quantitative estimate of drug-likeness (QED) is 0.859. The lowest BCUT2D eigenvalue weighted by Gasteiger charge is -2.27. The third kappa shape index (κ3) is 3.52. The van der Waals surface area contributed by atoms with Crippen molar-refractivity contribution >= 4 is 5.97 Å². The molecule has 0 radical (unpaired) electrons. The number of carbonyl (C=O) groups is 1. The summed E-state index contributed by atoms with van der Waals surface area (Å²) in [5.41, 5.74) is 1.29. The van der Waals surface area contributed by atoms with Crippen molar-refractivity contribution in [3.63, 3.8) is 0 Å². The van der Waals surface area contributed by atoms with Crippen molar-refractivity contribution < 1.29 is 9.90 Å². The van der Waals surface area contributed by atoms with Gasteiger partial charge in [-0.1, -0.05) is 12.5 Å². The smallest absolute Gasteiger partial charge is 0.306 e. The Morgan fingerprint density at radius 1 is 1.58 bits per heavy atom. The monoisotopic (exact) mass is 259 g/mol. The van der Waals surface area contributed by atoms with E-state index in [1.165, 1.54) is 0 Å². The molecule has 1 aromatic rings. The van der Waals surface area contributed by atoms with Crippen LogP contribution in [0.15, 0.2) is 18.3 Å². The normalized spacial score (nSPS) is 22.7. The lowest BCUT2D eigenvalue weighted by Crippen LogP contribution is -2.36. The highest BCUT2D eigenvalue weighted by Crippen LogP contribution is 2.24. The maximum atomic E-state index is 11.0. The summed E-state index contributed by atoms with van der Waals surface area (Å²) in [6.45, 7) is 0.563. The predicted octanol–water partition coefficient (Wildman–Crippen LogP) is 1.69. The van der Waals surface area contributed by atoms with Crippen LogP contribution in [-0.2, 0) is 11.3 Å². The van der Waals surface area contributed by atoms with Crippen molar-refractivity contribution in [2.45, 2.75) is 38.3 Å². The minimum absolute atomic E-state index is 0.210. The van der Waals surface area contributed by atoms with Crippen LogP contribution in [0.2, 0.25) is 0 Å². The molecule has 5 heteroatoms. The van der Waals surface area contributed by atoms with Gasteiger partial charge in [-0.3, -0.25) is 4.79 Å². The minimum atomic E-state index is -0.703. The number of nitriles is 1. The van der Waals surface area contributed by atoms with E-state index in [0.29, 0.717) is 18.7 Å². The van der Waals surface area contributed by atoms with E-state index in [1.54, 1.807) is 12.3 Å². The average molecular weight is 259 g/mol. The Balaban J connectivity index is 1.92. The zero-order valence-electron chi connectivity index (χ0n) is 10.7. The van der Waals surface area contributed by atoms with E-state index < -0.39 is 5.97 Å². The number of aromatic nitrogens is 1. The van der Waals surface area contributed by atoms with Gasteiger partial charge in [0.15, 0.2) is 0 Å². The predicted molar refractivity (Wildman–Crippen MR) is 69.2 cm³/mol. The summed E-state index contributed by atoms with van der Waals surface area (Å²) in [4.78, 5) is 15.0. The molecule has 0 aromatic carbocycles. The van der Waals surface area contributed by atoms with Gasteiger partial charge >= 0.3 is 5.97 Å². The van der Waals surface area contributed by atoms with Crippen LogP contribution < -0.4 is 5.32 Å². The van der Waals surface area contributed by atoms with E-state index >= 15 is 0 Å². The third-order valence-electron chi connectivity index (χ3n) is 3.60. The second-order valence-electron chi connectivity index (χ2n) is 4.90. The molecule has 1 saturated carbocycles. The van der Waals surface area contributed by atoms with E-state index in [2.05, 4.69) is 16.4 Å². The maximum absolute atomic E-state index is 11.0. The largest absolute Gasteiger partial charge is 0.481 e. The number of carboxylic acid groups (broad SMARTS) is 1. The molecule has 0 amide bonds. The summed E-state index contributed by atoms with van der Waals surface area (Å²) in [7, 11) is 0. The minimum Gasteiger partial charge on any atom is -0.481 e. The van der Waals surface area contributed by atoms with Crippen LogP contribution in [0.5, 0.6) is 0 Å². The molecule has 0 bridgehead atoms. The Bertz CT molecular complexity index is 496. The molecule has 2 N–H and O–H groups in total. The van der Waals surface area contributed by atoms with Crippen molar-refractivity contribution in [2.75, 3.05) is 0 Å². The fraction of sp³-hybridized carbons (Fsp3) is 0.500. The van der Waals surface area contributed by atoms with Crippen LogP contribution in [0, 0.1) is 17.2 Å². The van der Waals surface area contributed by atoms with Gasteiger partial charge in [-0.25, -0.2) is 4.98 Å². The topological polar surface area (TPSA) is 86.0 Å². The standard InChI is InChI=1S/C14H17N3O2/c15-8-13-11(4-2-6-16-13)9-17-12-5-1-3-10(7-12)14(18)19/h2,4,6,10,12,17H,1,3,5,7,9H2,(H,18,19). The van der Waals surface area contributed by atoms with Gasteiger partial charge < -0.3 is 10.4 Å². The second-order valence-corrected chi connectivity index (χ2v) is 4.90. The van der Waals surface area contributed by atoms with Crippen LogP contribution in [0.3, 0.4) is 0 Å². The summed E-state index contributed by atoms with van der Waals surface area (Å²) < 4.78 is 0. The van der Waals surface area contributed by atoms with Crippen LogP contribution in [0.1, 0.15) is 36.9 Å². The maximum Gasteiger partial charge on any atom is 0.306 e. The SMILES string of the molecule is N#Cc1ncccc1CNC1CCCC(C(=O)O)C1. The highest BCUT2D eigenvalue weighted by molar-refractivity contribution is 5.70. The average Bonchev–Trinajstić information content (AvgIpc) is 2.45. The Labute approximate surface area is 112 Å². The number of hydrogen-bond donors (Lipinski definition) is 2. The van der Waals surface area contributed by atoms with Crippen LogP contribution in [-0.4, -0.2) is 22.1 Å². The van der Waals surface area contributed by atoms with Crippen molar-refractivity contribution in [1.82, 2.24) is 10.3 Å². The Kier molecular flexibility index (Phi) is 4.48. The summed E-state index contributed by atoms with van der Waals surface area (Å²) in [6, 6.07) is 5.95. The highest BCUT2D eigenvalue weighted by Gasteiger charge is 2.26. The van der Waals surface area contributed by atoms with Gasteiger partial charge in [0, 0.05) is 24.3 Å². The van der Waals surface area contributed by atoms with Crippen molar-refractivity contribution in [3.05, 3.63) is 29.6 Å². The van der Waals surface area contributed by atoms with Crippen molar-refractivity contribution in [3.8, 4) is 6.07 Å². The van der Waals surface area contributed by atoms with Crippen LogP contribution in [0.4, 0.5) is 0 Å². The molecule has 0 aliphatic heterocycles. The summed E-state index contributed by atoms with van der Waals surface area (Å²) in [5, 5.41) is 21.3. The number of nitrogens with one attached hydrogen (secondary N) is 1. The molecule has 2 atom stereocenters. The zero-order valence-corrected chi connectivity index (χ0v) is 10.7. The molecule has 1 fully saturated rings. The highest BCUT2D eigenvalue weighted by atomic mass is 16.4. The number of rotatable bonds is 4. The molecule has 5 nitrogen and oxygen atoms in total. The number of pyridine rings is 1. The fourth-order valence-corrected chi connectivity index (χ4v) is 2.54. The van der Waals surface area contributed by atoms with Gasteiger partial charge in [-0.2, -0.15) is 5.26 Å². The first kappa shape index (κ1) is 13.5. The summed E-state index contributed by atoms with van der Waals surface area (Å²) >= 11 is 0. The molecule has 2 unspecified atom stereocenters. The third-order valence-corrected chi connectivity index (χ3v) is 3.60. The Morgan fingerprint density at radius 2 is 2.42 bits per heavy atom. The van der Waals surface area contributed by atoms with Crippen molar-refractivity contribution in [2.24, 2.45) is 5.92 Å². The van der Waals surface area contributed by atoms with E-state index in [4.69, 9.17) is 10.4 Å². The van der Waals surface area contributed by atoms with Crippen molar-refractivity contribution in [1.29, 1.82) is 5.26 Å². The molecule has 1 aliphatic carbocycles. The first-order chi connectivity index (χ1) is 9.20. The van der Waals surface area contributed by atoms with Crippen LogP contribution in [0.25, 0.3) is 0 Å². The number of aliphatic carboxylic acids is 1. The lowest BCUT2D eigenvalue weighted by molar-refractivity contribution is -0.143. The van der Waals surface area contributed by atoms with Gasteiger partial charge in [-0.05, 0) is 25.3 Å². The lowest BCUT2D eigenvalue weighted by atomic mass is 9.86. The van der Waals surface area contributed by atoms with Crippen LogP contribution >= 0.6 is 0 Å². The van der Waals surface area contributed by atoms with Gasteiger partial charge in [0.05, 0.1) is 5.92 Å². The molecule has 1 aromatic heterocycles. The summed E-state index contributed by atoms with van der Waals surface area (Å²) in [5.74, 6) is -0.943. The first-order valence-corrected chi connectivity index (χ1v) is 6.51. The molecule has 0 saturated heterocycles. The number of carboxylic acids is 1. The molecule has 2 rings (SSSR count). The number of nitrogens with zero attached hydrogens (tertiary/aromatic N) is 2. The first-order valence-electron chi connectivity index (χ1n) is 6.51. The molecule has 1 aliphatic rings. The molecule has 1 heterocycles. The van der Waals surface area contributed by atoms with E-state index in [0.717, 1.165) is 24.8 Å². The second kappa shape index (κ2) is 6.30. The van der Waals surface area contributed by atoms with Gasteiger partial charge in [0.25, 0.3) is 0 Å². The molecule has 100 valence electrons. The zero-order chi connectivity index (χ0) is 13.7. The van der Waals surface area contributed by atoms with E-state index in [-0.39, 0.29) is 12.0 Å². The Hall–Kier alpha value is -1.93. The number of hydrogen-bond acceptors (Lipinski definition) is 4. The molecular formula is C14H17N3O2. The fourth-order valence-electron chi connectivity index (χ4n) is 2.54. The van der Waals surface area contributed by atoms with Gasteiger partial charge in [0.1, 0.15) is 11.8 Å². The molecule has 19 heavy (non-hydrogen) atoms. The van der Waals surface area contributed by atoms with Gasteiger partial charge in [0.2, 0.25) is 0 Å². The molecular weight excluding hydrogens is 242 g/mol. The summed E-state index contributed by atoms with van der Waals surface area (Å²) in [6.07, 6.45) is 4.96. The van der Waals surface area contributed by atoms with E-state index in [1.807, 2.05) is 6.07 Å². The van der Waals surface area contributed by atoms with Gasteiger partial charge in [-0.15, -0.1) is 0 Å². The Morgan fingerprint density at radius 3 is 3.16 bits per heavy atom. The van der Waals surface area contributed by atoms with E-state index in [9.17, 15) is 4.79 Å². The molecule has 0 spiro atoms.